The summed E-state index contributed by atoms with van der Waals surface area (Å²) >= 11 is 0. The Morgan fingerprint density at radius 1 is 1.11 bits per heavy atom. The van der Waals surface area contributed by atoms with Crippen molar-refractivity contribution in [1.82, 2.24) is 15.0 Å². The van der Waals surface area contributed by atoms with Crippen LogP contribution in [0.25, 0.3) is 0 Å². The number of ether oxygens (including phenoxy) is 1. The van der Waals surface area contributed by atoms with Crippen molar-refractivity contribution in [2.24, 2.45) is 0 Å². The van der Waals surface area contributed by atoms with E-state index < -0.39 is 4.92 Å². The van der Waals surface area contributed by atoms with E-state index >= 15 is 0 Å². The van der Waals surface area contributed by atoms with Crippen LogP contribution in [-0.4, -0.2) is 26.5 Å². The molecule has 0 fully saturated rings. The maximum Gasteiger partial charge on any atom is 0.332 e. The van der Waals surface area contributed by atoms with E-state index in [0.29, 0.717) is 23.9 Å². The number of anilines is 4. The second-order valence-electron chi connectivity index (χ2n) is 5.51. The number of nitrogens with zero attached hydrogens (tertiary/aromatic N) is 4. The van der Waals surface area contributed by atoms with E-state index in [0.717, 1.165) is 0 Å². The predicted octanol–water partition coefficient (Wildman–Crippen LogP) is 3.97. The summed E-state index contributed by atoms with van der Waals surface area (Å²) < 4.78 is 5.40. The summed E-state index contributed by atoms with van der Waals surface area (Å²) in [7, 11) is 0. The van der Waals surface area contributed by atoms with Crippen LogP contribution in [0.1, 0.15) is 12.6 Å². The molecule has 138 valence electrons. The maximum atomic E-state index is 11.5. The molecular formula is C18H18N6O3. The third-order valence-corrected chi connectivity index (χ3v) is 3.57. The van der Waals surface area contributed by atoms with Gasteiger partial charge in [-0.05, 0) is 50.2 Å². The zero-order chi connectivity index (χ0) is 19.2. The molecule has 0 aliphatic carbocycles. The lowest BCUT2D eigenvalue weighted by atomic mass is 10.3. The maximum absolute atomic E-state index is 11.5. The van der Waals surface area contributed by atoms with Crippen LogP contribution in [-0.2, 0) is 0 Å². The van der Waals surface area contributed by atoms with Crippen molar-refractivity contribution < 1.29 is 9.66 Å². The molecule has 0 unspecified atom stereocenters. The highest BCUT2D eigenvalue weighted by Gasteiger charge is 2.22. The Bertz CT molecular complexity index is 932. The molecule has 0 spiro atoms. The van der Waals surface area contributed by atoms with Crippen LogP contribution in [0.4, 0.5) is 29.0 Å². The number of aromatic nitrogens is 3. The highest BCUT2D eigenvalue weighted by atomic mass is 16.6. The number of aryl methyl sites for hydroxylation is 1. The number of pyridine rings is 1. The molecule has 1 aromatic carbocycles. The number of nitrogens with one attached hydrogen (secondary N) is 2. The molecule has 3 rings (SSSR count). The van der Waals surface area contributed by atoms with Crippen LogP contribution in [0.3, 0.4) is 0 Å². The standard InChI is InChI=1S/C18H18N6O3/c1-3-27-14-9-7-13(8-10-14)21-17-16(24(25)26)12(2)20-18(23-17)22-15-6-4-5-11-19-15/h4-11H,3H2,1-2H3,(H2,19,20,21,22,23). The average molecular weight is 366 g/mol. The van der Waals surface area contributed by atoms with E-state index in [9.17, 15) is 10.1 Å². The van der Waals surface area contributed by atoms with Gasteiger partial charge >= 0.3 is 5.69 Å². The highest BCUT2D eigenvalue weighted by Crippen LogP contribution is 2.30. The number of hydrogen-bond acceptors (Lipinski definition) is 8. The van der Waals surface area contributed by atoms with E-state index in [2.05, 4.69) is 25.6 Å². The van der Waals surface area contributed by atoms with Gasteiger partial charge in [0.25, 0.3) is 0 Å². The minimum atomic E-state index is -0.503. The van der Waals surface area contributed by atoms with E-state index in [-0.39, 0.29) is 23.1 Å². The first-order valence-corrected chi connectivity index (χ1v) is 8.27. The van der Waals surface area contributed by atoms with Crippen molar-refractivity contribution in [2.75, 3.05) is 17.2 Å². The first-order valence-electron chi connectivity index (χ1n) is 8.27. The SMILES string of the molecule is CCOc1ccc(Nc2nc(Nc3ccccn3)nc(C)c2[N+](=O)[O-])cc1. The Kier molecular flexibility index (Phi) is 5.41. The summed E-state index contributed by atoms with van der Waals surface area (Å²) in [6.45, 7) is 4.02. The summed E-state index contributed by atoms with van der Waals surface area (Å²) in [6.07, 6.45) is 1.62. The molecule has 9 nitrogen and oxygen atoms in total. The van der Waals surface area contributed by atoms with Crippen molar-refractivity contribution >= 4 is 29.0 Å². The fourth-order valence-corrected chi connectivity index (χ4v) is 2.42. The van der Waals surface area contributed by atoms with Crippen molar-refractivity contribution in [2.45, 2.75) is 13.8 Å². The van der Waals surface area contributed by atoms with E-state index in [1.54, 1.807) is 49.5 Å². The Hall–Kier alpha value is -3.75. The topological polar surface area (TPSA) is 115 Å². The van der Waals surface area contributed by atoms with Gasteiger partial charge in [-0.15, -0.1) is 0 Å². The lowest BCUT2D eigenvalue weighted by Crippen LogP contribution is -2.07. The Morgan fingerprint density at radius 2 is 1.89 bits per heavy atom. The second kappa shape index (κ2) is 8.09. The molecule has 0 atom stereocenters. The predicted molar refractivity (Wildman–Crippen MR) is 102 cm³/mol. The number of hydrogen-bond donors (Lipinski definition) is 2. The van der Waals surface area contributed by atoms with Crippen LogP contribution in [0.2, 0.25) is 0 Å². The smallest absolute Gasteiger partial charge is 0.332 e. The summed E-state index contributed by atoms with van der Waals surface area (Å²) in [4.78, 5) is 23.5. The van der Waals surface area contributed by atoms with Crippen LogP contribution in [0, 0.1) is 17.0 Å². The highest BCUT2D eigenvalue weighted by molar-refractivity contribution is 5.69. The van der Waals surface area contributed by atoms with Crippen LogP contribution in [0.15, 0.2) is 48.7 Å². The van der Waals surface area contributed by atoms with Gasteiger partial charge in [0, 0.05) is 11.9 Å². The van der Waals surface area contributed by atoms with Gasteiger partial charge in [0.1, 0.15) is 17.3 Å². The largest absolute Gasteiger partial charge is 0.494 e. The molecular weight excluding hydrogens is 348 g/mol. The van der Waals surface area contributed by atoms with Crippen molar-refractivity contribution in [1.29, 1.82) is 0 Å². The lowest BCUT2D eigenvalue weighted by Gasteiger charge is -2.11. The Labute approximate surface area is 155 Å². The van der Waals surface area contributed by atoms with Gasteiger partial charge in [-0.3, -0.25) is 10.1 Å². The fourth-order valence-electron chi connectivity index (χ4n) is 2.42. The molecule has 0 saturated heterocycles. The summed E-state index contributed by atoms with van der Waals surface area (Å²) in [5.41, 5.74) is 0.695. The number of nitro groups is 1. The quantitative estimate of drug-likeness (QED) is 0.477. The summed E-state index contributed by atoms with van der Waals surface area (Å²) in [6, 6.07) is 12.4. The van der Waals surface area contributed by atoms with Gasteiger partial charge in [-0.25, -0.2) is 9.97 Å². The molecule has 27 heavy (non-hydrogen) atoms. The fraction of sp³-hybridized carbons (Fsp3) is 0.167. The van der Waals surface area contributed by atoms with Gasteiger partial charge in [0.2, 0.25) is 11.8 Å². The Balaban J connectivity index is 1.92. The van der Waals surface area contributed by atoms with Crippen LogP contribution in [0.5, 0.6) is 5.75 Å². The molecule has 0 saturated carbocycles. The zero-order valence-corrected chi connectivity index (χ0v) is 14.8. The van der Waals surface area contributed by atoms with Gasteiger partial charge in [-0.2, -0.15) is 4.98 Å². The van der Waals surface area contributed by atoms with E-state index in [1.807, 2.05) is 13.0 Å². The molecule has 0 aliphatic rings. The monoisotopic (exact) mass is 366 g/mol. The molecule has 9 heteroatoms. The molecule has 0 radical (unpaired) electrons. The molecule has 3 aromatic rings. The van der Waals surface area contributed by atoms with Gasteiger partial charge in [0.05, 0.1) is 11.5 Å². The second-order valence-corrected chi connectivity index (χ2v) is 5.51. The summed E-state index contributed by atoms with van der Waals surface area (Å²) in [5.74, 6) is 1.56. The minimum absolute atomic E-state index is 0.0927. The van der Waals surface area contributed by atoms with Crippen molar-refractivity contribution in [3.05, 3.63) is 64.5 Å². The Morgan fingerprint density at radius 3 is 2.52 bits per heavy atom. The lowest BCUT2D eigenvalue weighted by molar-refractivity contribution is -0.385. The minimum Gasteiger partial charge on any atom is -0.494 e. The van der Waals surface area contributed by atoms with Gasteiger partial charge in [0.15, 0.2) is 0 Å². The van der Waals surface area contributed by atoms with Gasteiger partial charge < -0.3 is 15.4 Å². The normalized spacial score (nSPS) is 10.3. The molecule has 2 heterocycles. The van der Waals surface area contributed by atoms with E-state index in [4.69, 9.17) is 4.74 Å². The third-order valence-electron chi connectivity index (χ3n) is 3.57. The first kappa shape index (κ1) is 18.1. The molecule has 0 bridgehead atoms. The molecule has 0 aliphatic heterocycles. The van der Waals surface area contributed by atoms with Crippen LogP contribution < -0.4 is 15.4 Å². The van der Waals surface area contributed by atoms with Gasteiger partial charge in [-0.1, -0.05) is 6.07 Å². The number of rotatable bonds is 7. The molecule has 0 amide bonds. The summed E-state index contributed by atoms with van der Waals surface area (Å²) in [5, 5.41) is 17.4. The average Bonchev–Trinajstić information content (AvgIpc) is 2.64. The van der Waals surface area contributed by atoms with E-state index in [1.165, 1.54) is 0 Å². The van der Waals surface area contributed by atoms with Crippen molar-refractivity contribution in [3.63, 3.8) is 0 Å². The molecule has 2 aromatic heterocycles. The number of benzene rings is 1. The molecule has 2 N–H and O–H groups in total. The first-order chi connectivity index (χ1) is 13.1. The zero-order valence-electron chi connectivity index (χ0n) is 14.8. The third kappa shape index (κ3) is 4.46. The van der Waals surface area contributed by atoms with Crippen LogP contribution >= 0.6 is 0 Å². The van der Waals surface area contributed by atoms with Crippen molar-refractivity contribution in [3.8, 4) is 5.75 Å².